The molecule has 5 nitrogen and oxygen atoms in total. The molecule has 11 heavy (non-hydrogen) atoms. The molecule has 0 N–H and O–H groups in total. The summed E-state index contributed by atoms with van der Waals surface area (Å²) in [4.78, 5) is 9.95. The molecule has 0 radical (unpaired) electrons. The summed E-state index contributed by atoms with van der Waals surface area (Å²) in [5, 5.41) is 12.4. The van der Waals surface area contributed by atoms with E-state index in [4.69, 9.17) is 0 Å². The molecule has 1 rings (SSSR count). The molecular formula is C6H7N3O2. The summed E-state index contributed by atoms with van der Waals surface area (Å²) in [5.41, 5.74) is 0.331. The molecule has 5 heteroatoms. The van der Waals surface area contributed by atoms with Crippen LogP contribution in [0, 0.1) is 10.1 Å². The third-order valence-electron chi connectivity index (χ3n) is 1.21. The first-order valence-corrected chi connectivity index (χ1v) is 3.01. The normalized spacial score (nSPS) is 11.5. The Morgan fingerprint density at radius 2 is 2.36 bits per heavy atom. The second-order valence-electron chi connectivity index (χ2n) is 2.01. The molecule has 58 valence electrons. The first-order valence-electron chi connectivity index (χ1n) is 3.01. The first kappa shape index (κ1) is 7.46. The number of aryl methyl sites for hydroxylation is 1. The summed E-state index contributed by atoms with van der Waals surface area (Å²) in [6.45, 7) is 0. The SMILES string of the molecule is Cn1cccc/c1=N/[N+](=O)[O-]. The highest BCUT2D eigenvalue weighted by atomic mass is 16.7. The number of rotatable bonds is 1. The average molecular weight is 153 g/mol. The minimum Gasteiger partial charge on any atom is -0.331 e. The zero-order valence-corrected chi connectivity index (χ0v) is 5.97. The van der Waals surface area contributed by atoms with E-state index in [0.717, 1.165) is 0 Å². The smallest absolute Gasteiger partial charge is 0.206 e. The Morgan fingerprint density at radius 3 is 2.91 bits per heavy atom. The van der Waals surface area contributed by atoms with Crippen LogP contribution in [-0.2, 0) is 7.05 Å². The second kappa shape index (κ2) is 2.96. The monoisotopic (exact) mass is 153 g/mol. The highest BCUT2D eigenvalue weighted by molar-refractivity contribution is 4.91. The van der Waals surface area contributed by atoms with Gasteiger partial charge in [-0.3, -0.25) is 0 Å². The molecule has 0 aliphatic carbocycles. The van der Waals surface area contributed by atoms with E-state index < -0.39 is 5.03 Å². The van der Waals surface area contributed by atoms with Crippen molar-refractivity contribution >= 4 is 0 Å². The minimum atomic E-state index is -0.713. The van der Waals surface area contributed by atoms with E-state index in [2.05, 4.69) is 5.10 Å². The molecule has 0 saturated heterocycles. The van der Waals surface area contributed by atoms with Crippen LogP contribution in [0.15, 0.2) is 29.5 Å². The lowest BCUT2D eigenvalue weighted by atomic mass is 10.5. The Hall–Kier alpha value is -1.65. The van der Waals surface area contributed by atoms with Crippen LogP contribution in [0.3, 0.4) is 0 Å². The lowest BCUT2D eigenvalue weighted by molar-refractivity contribution is -0.490. The van der Waals surface area contributed by atoms with Crippen molar-refractivity contribution in [2.24, 2.45) is 12.1 Å². The van der Waals surface area contributed by atoms with Crippen LogP contribution in [-0.4, -0.2) is 9.60 Å². The molecule has 0 spiro atoms. The minimum absolute atomic E-state index is 0.331. The van der Waals surface area contributed by atoms with Gasteiger partial charge in [0.1, 0.15) is 0 Å². The predicted molar refractivity (Wildman–Crippen MR) is 38.0 cm³/mol. The molecule has 1 aromatic heterocycles. The zero-order valence-electron chi connectivity index (χ0n) is 5.97. The van der Waals surface area contributed by atoms with Crippen molar-refractivity contribution in [1.29, 1.82) is 0 Å². The predicted octanol–water partition coefficient (Wildman–Crippen LogP) is 0.117. The lowest BCUT2D eigenvalue weighted by Gasteiger charge is -1.92. The maximum absolute atomic E-state index is 9.95. The van der Waals surface area contributed by atoms with E-state index >= 15 is 0 Å². The molecule has 0 aromatic carbocycles. The van der Waals surface area contributed by atoms with E-state index in [-0.39, 0.29) is 0 Å². The highest BCUT2D eigenvalue weighted by Gasteiger charge is 1.90. The van der Waals surface area contributed by atoms with Crippen molar-refractivity contribution in [2.75, 3.05) is 0 Å². The molecular weight excluding hydrogens is 146 g/mol. The van der Waals surface area contributed by atoms with E-state index in [1.165, 1.54) is 0 Å². The van der Waals surface area contributed by atoms with Crippen molar-refractivity contribution < 1.29 is 5.03 Å². The Kier molecular flexibility index (Phi) is 2.00. The zero-order chi connectivity index (χ0) is 8.27. The third kappa shape index (κ3) is 1.89. The number of aromatic nitrogens is 1. The van der Waals surface area contributed by atoms with Gasteiger partial charge in [-0.1, -0.05) is 6.07 Å². The van der Waals surface area contributed by atoms with Gasteiger partial charge in [-0.15, -0.1) is 0 Å². The number of nitro groups is 1. The van der Waals surface area contributed by atoms with Gasteiger partial charge in [-0.25, -0.2) is 10.1 Å². The van der Waals surface area contributed by atoms with E-state index in [0.29, 0.717) is 5.49 Å². The number of pyridine rings is 1. The van der Waals surface area contributed by atoms with E-state index in [1.807, 2.05) is 0 Å². The summed E-state index contributed by atoms with van der Waals surface area (Å²) in [7, 11) is 1.70. The highest BCUT2D eigenvalue weighted by Crippen LogP contribution is 1.76. The van der Waals surface area contributed by atoms with Gasteiger partial charge in [0.05, 0.1) is 5.10 Å². The maximum Gasteiger partial charge on any atom is 0.206 e. The third-order valence-corrected chi connectivity index (χ3v) is 1.21. The number of hydrogen-bond donors (Lipinski definition) is 0. The summed E-state index contributed by atoms with van der Waals surface area (Å²) < 4.78 is 1.57. The topological polar surface area (TPSA) is 60.4 Å². The van der Waals surface area contributed by atoms with Crippen molar-refractivity contribution in [1.82, 2.24) is 4.57 Å². The first-order chi connectivity index (χ1) is 5.20. The van der Waals surface area contributed by atoms with Gasteiger partial charge in [0.15, 0.2) is 5.03 Å². The molecule has 0 saturated carbocycles. The van der Waals surface area contributed by atoms with Crippen molar-refractivity contribution in [3.05, 3.63) is 40.0 Å². The van der Waals surface area contributed by atoms with Crippen LogP contribution < -0.4 is 5.49 Å². The van der Waals surface area contributed by atoms with Crippen molar-refractivity contribution in [3.8, 4) is 0 Å². The van der Waals surface area contributed by atoms with Crippen LogP contribution in [0.1, 0.15) is 0 Å². The fraction of sp³-hybridized carbons (Fsp3) is 0.167. The van der Waals surface area contributed by atoms with Gasteiger partial charge in [0.2, 0.25) is 5.49 Å². The molecule has 1 aromatic rings. The second-order valence-corrected chi connectivity index (χ2v) is 2.01. The molecule has 0 fully saturated rings. The summed E-state index contributed by atoms with van der Waals surface area (Å²) in [6, 6.07) is 5.05. The van der Waals surface area contributed by atoms with E-state index in [9.17, 15) is 10.1 Å². The summed E-state index contributed by atoms with van der Waals surface area (Å²) in [5.74, 6) is 0. The van der Waals surface area contributed by atoms with Crippen LogP contribution in [0.25, 0.3) is 0 Å². The standard InChI is InChI=1S/C6H7N3O2/c1-8-5-3-2-4-6(8)7-9(10)11/h2-5H,1H3/b7-6-. The van der Waals surface area contributed by atoms with Gasteiger partial charge in [-0.2, -0.15) is 0 Å². The summed E-state index contributed by atoms with van der Waals surface area (Å²) >= 11 is 0. The average Bonchev–Trinajstić information content (AvgIpc) is 1.93. The molecule has 0 atom stereocenters. The maximum atomic E-state index is 9.95. The molecule has 0 amide bonds. The van der Waals surface area contributed by atoms with Gasteiger partial charge >= 0.3 is 0 Å². The summed E-state index contributed by atoms with van der Waals surface area (Å²) in [6.07, 6.45) is 1.70. The quantitative estimate of drug-likeness (QED) is 0.425. The van der Waals surface area contributed by atoms with Gasteiger partial charge < -0.3 is 4.57 Å². The molecule has 0 aliphatic heterocycles. The fourth-order valence-corrected chi connectivity index (χ4v) is 0.702. The van der Waals surface area contributed by atoms with Crippen LogP contribution in [0.4, 0.5) is 0 Å². The number of hydrogen-bond acceptors (Lipinski definition) is 2. The van der Waals surface area contributed by atoms with Gasteiger partial charge in [0.25, 0.3) is 0 Å². The molecule has 1 heterocycles. The van der Waals surface area contributed by atoms with Crippen molar-refractivity contribution in [3.63, 3.8) is 0 Å². The Labute approximate surface area is 62.7 Å². The van der Waals surface area contributed by atoms with E-state index in [1.54, 1.807) is 36.0 Å². The molecule has 0 bridgehead atoms. The Morgan fingerprint density at radius 1 is 1.64 bits per heavy atom. The molecule has 0 unspecified atom stereocenters. The van der Waals surface area contributed by atoms with Crippen LogP contribution in [0.2, 0.25) is 0 Å². The van der Waals surface area contributed by atoms with Gasteiger partial charge in [-0.05, 0) is 12.1 Å². The number of nitrogens with zero attached hydrogens (tertiary/aromatic N) is 3. The van der Waals surface area contributed by atoms with Crippen LogP contribution >= 0.6 is 0 Å². The van der Waals surface area contributed by atoms with Crippen LogP contribution in [0.5, 0.6) is 0 Å². The van der Waals surface area contributed by atoms with Gasteiger partial charge in [0, 0.05) is 13.2 Å². The van der Waals surface area contributed by atoms with Crippen molar-refractivity contribution in [2.45, 2.75) is 0 Å². The Balaban J connectivity index is 3.23. The largest absolute Gasteiger partial charge is 0.331 e. The fourth-order valence-electron chi connectivity index (χ4n) is 0.702. The Bertz CT molecular complexity index is 329. The molecule has 0 aliphatic rings. The lowest BCUT2D eigenvalue weighted by Crippen LogP contribution is -2.17.